The first-order valence-electron chi connectivity index (χ1n) is 6.36. The Bertz CT molecular complexity index is 756. The average molecular weight is 324 g/mol. The molecule has 0 aromatic carbocycles. The second-order valence-corrected chi connectivity index (χ2v) is 6.25. The minimum absolute atomic E-state index is 0.0745. The van der Waals surface area contributed by atoms with E-state index in [9.17, 15) is 0 Å². The van der Waals surface area contributed by atoms with Crippen LogP contribution < -0.4 is 5.32 Å². The molecule has 21 heavy (non-hydrogen) atoms. The molecule has 0 radical (unpaired) electrons. The summed E-state index contributed by atoms with van der Waals surface area (Å²) < 4.78 is 7.95. The van der Waals surface area contributed by atoms with Crippen molar-refractivity contribution in [3.8, 4) is 0 Å². The van der Waals surface area contributed by atoms with Gasteiger partial charge in [-0.3, -0.25) is 0 Å². The highest BCUT2D eigenvalue weighted by atomic mass is 35.5. The summed E-state index contributed by atoms with van der Waals surface area (Å²) >= 11 is 7.49. The van der Waals surface area contributed by atoms with Crippen LogP contribution >= 0.6 is 22.9 Å². The third-order valence-corrected chi connectivity index (χ3v) is 4.37. The molecule has 0 saturated carbocycles. The van der Waals surface area contributed by atoms with E-state index in [0.717, 1.165) is 20.7 Å². The molecule has 1 atom stereocenters. The largest absolute Gasteiger partial charge is 0.374 e. The number of anilines is 1. The lowest BCUT2D eigenvalue weighted by molar-refractivity contribution is 0.117. The fraction of sp³-hybridized carbons (Fsp3) is 0.308. The lowest BCUT2D eigenvalue weighted by atomic mass is 10.3. The molecular weight excluding hydrogens is 310 g/mol. The van der Waals surface area contributed by atoms with Gasteiger partial charge in [0.25, 0.3) is 5.78 Å². The molecule has 0 aliphatic carbocycles. The first-order chi connectivity index (χ1) is 10.2. The van der Waals surface area contributed by atoms with Crippen LogP contribution in [0, 0.1) is 6.92 Å². The lowest BCUT2D eigenvalue weighted by Crippen LogP contribution is -2.16. The molecule has 3 aromatic heterocycles. The average Bonchev–Trinajstić information content (AvgIpc) is 3.08. The van der Waals surface area contributed by atoms with Crippen molar-refractivity contribution in [2.24, 2.45) is 0 Å². The van der Waals surface area contributed by atoms with Crippen molar-refractivity contribution in [2.45, 2.75) is 13.0 Å². The Morgan fingerprint density at radius 1 is 1.48 bits per heavy atom. The quantitative estimate of drug-likeness (QED) is 0.782. The fourth-order valence-electron chi connectivity index (χ4n) is 2.06. The van der Waals surface area contributed by atoms with Crippen LogP contribution in [0.2, 0.25) is 4.34 Å². The van der Waals surface area contributed by atoms with Crippen molar-refractivity contribution in [2.75, 3.05) is 19.0 Å². The predicted molar refractivity (Wildman–Crippen MR) is 83.1 cm³/mol. The van der Waals surface area contributed by atoms with E-state index in [0.29, 0.717) is 12.3 Å². The molecule has 8 heteroatoms. The number of hydrogen-bond donors (Lipinski definition) is 1. The van der Waals surface area contributed by atoms with Gasteiger partial charge in [0, 0.05) is 30.3 Å². The Kier molecular flexibility index (Phi) is 4.05. The summed E-state index contributed by atoms with van der Waals surface area (Å²) in [4.78, 5) is 9.49. The minimum Gasteiger partial charge on any atom is -0.374 e. The fourth-order valence-corrected chi connectivity index (χ4v) is 3.19. The molecule has 0 spiro atoms. The van der Waals surface area contributed by atoms with Gasteiger partial charge in [-0.1, -0.05) is 11.6 Å². The molecule has 3 aromatic rings. The summed E-state index contributed by atoms with van der Waals surface area (Å²) in [6.45, 7) is 2.53. The lowest BCUT2D eigenvalue weighted by Gasteiger charge is -2.16. The maximum atomic E-state index is 5.97. The molecule has 1 unspecified atom stereocenters. The highest BCUT2D eigenvalue weighted by Crippen LogP contribution is 2.29. The van der Waals surface area contributed by atoms with Crippen molar-refractivity contribution in [3.05, 3.63) is 39.4 Å². The molecule has 6 nitrogen and oxygen atoms in total. The van der Waals surface area contributed by atoms with Gasteiger partial charge < -0.3 is 10.1 Å². The topological polar surface area (TPSA) is 64.3 Å². The van der Waals surface area contributed by atoms with Crippen molar-refractivity contribution in [3.63, 3.8) is 0 Å². The van der Waals surface area contributed by atoms with Gasteiger partial charge in [0.15, 0.2) is 0 Å². The number of nitrogens with one attached hydrogen (secondary N) is 1. The molecule has 0 saturated heterocycles. The summed E-state index contributed by atoms with van der Waals surface area (Å²) in [7, 11) is 1.68. The number of methoxy groups -OCH3 is 1. The number of aromatic nitrogens is 4. The van der Waals surface area contributed by atoms with Gasteiger partial charge in [-0.05, 0) is 19.1 Å². The van der Waals surface area contributed by atoms with Crippen LogP contribution in [0.3, 0.4) is 0 Å². The summed E-state index contributed by atoms with van der Waals surface area (Å²) in [5, 5.41) is 7.49. The van der Waals surface area contributed by atoms with Crippen molar-refractivity contribution in [1.29, 1.82) is 0 Å². The zero-order valence-electron chi connectivity index (χ0n) is 11.6. The van der Waals surface area contributed by atoms with Crippen LogP contribution in [-0.2, 0) is 4.74 Å². The number of nitrogens with zero attached hydrogens (tertiary/aromatic N) is 4. The van der Waals surface area contributed by atoms with Crippen molar-refractivity contribution < 1.29 is 4.74 Å². The predicted octanol–water partition coefficient (Wildman–Crippen LogP) is 2.95. The van der Waals surface area contributed by atoms with Crippen LogP contribution in [-0.4, -0.2) is 33.2 Å². The van der Waals surface area contributed by atoms with Gasteiger partial charge in [0.2, 0.25) is 0 Å². The van der Waals surface area contributed by atoms with Crippen LogP contribution in [0.1, 0.15) is 16.7 Å². The van der Waals surface area contributed by atoms with E-state index in [1.807, 2.05) is 25.1 Å². The summed E-state index contributed by atoms with van der Waals surface area (Å²) in [6.07, 6.45) is 1.41. The number of thiophene rings is 1. The van der Waals surface area contributed by atoms with Gasteiger partial charge >= 0.3 is 0 Å². The number of hydrogen-bond acceptors (Lipinski definition) is 6. The van der Waals surface area contributed by atoms with E-state index >= 15 is 0 Å². The smallest absolute Gasteiger partial charge is 0.254 e. The van der Waals surface area contributed by atoms with Crippen LogP contribution in [0.5, 0.6) is 0 Å². The van der Waals surface area contributed by atoms with E-state index in [2.05, 4.69) is 20.4 Å². The summed E-state index contributed by atoms with van der Waals surface area (Å²) in [6, 6.07) is 5.78. The number of ether oxygens (including phenoxy) is 1. The first-order valence-corrected chi connectivity index (χ1v) is 7.56. The summed E-state index contributed by atoms with van der Waals surface area (Å²) in [5.74, 6) is 1.41. The van der Waals surface area contributed by atoms with Gasteiger partial charge in [0.05, 0.1) is 4.34 Å². The maximum Gasteiger partial charge on any atom is 0.254 e. The molecule has 110 valence electrons. The zero-order valence-corrected chi connectivity index (χ0v) is 13.1. The highest BCUT2D eigenvalue weighted by Gasteiger charge is 2.14. The molecular formula is C13H14ClN5OS. The Balaban J connectivity index is 1.80. The van der Waals surface area contributed by atoms with E-state index in [4.69, 9.17) is 16.3 Å². The SMILES string of the molecule is COC(CNc1cc(C)nc2ncnn12)c1ccc(Cl)s1. The second-order valence-electron chi connectivity index (χ2n) is 4.50. The Morgan fingerprint density at radius 3 is 3.05 bits per heavy atom. The van der Waals surface area contributed by atoms with E-state index in [1.54, 1.807) is 11.6 Å². The minimum atomic E-state index is -0.0745. The normalized spacial score (nSPS) is 12.7. The number of rotatable bonds is 5. The molecule has 0 aliphatic heterocycles. The first kappa shape index (κ1) is 14.2. The molecule has 0 bridgehead atoms. The van der Waals surface area contributed by atoms with Gasteiger partial charge in [-0.25, -0.2) is 4.98 Å². The number of halogens is 1. The van der Waals surface area contributed by atoms with Crippen LogP contribution in [0.15, 0.2) is 24.5 Å². The van der Waals surface area contributed by atoms with Crippen LogP contribution in [0.4, 0.5) is 5.82 Å². The third-order valence-electron chi connectivity index (χ3n) is 3.04. The number of aryl methyl sites for hydroxylation is 1. The van der Waals surface area contributed by atoms with Crippen molar-refractivity contribution >= 4 is 34.5 Å². The van der Waals surface area contributed by atoms with Crippen molar-refractivity contribution in [1.82, 2.24) is 19.6 Å². The number of fused-ring (bicyclic) bond motifs is 1. The molecule has 0 amide bonds. The van der Waals surface area contributed by atoms with Gasteiger partial charge in [-0.2, -0.15) is 14.6 Å². The zero-order chi connectivity index (χ0) is 14.8. The van der Waals surface area contributed by atoms with E-state index in [-0.39, 0.29) is 6.10 Å². The Morgan fingerprint density at radius 2 is 2.33 bits per heavy atom. The molecule has 1 N–H and O–H groups in total. The van der Waals surface area contributed by atoms with E-state index in [1.165, 1.54) is 17.7 Å². The highest BCUT2D eigenvalue weighted by molar-refractivity contribution is 7.16. The van der Waals surface area contributed by atoms with E-state index < -0.39 is 0 Å². The third kappa shape index (κ3) is 2.99. The summed E-state index contributed by atoms with van der Waals surface area (Å²) in [5.41, 5.74) is 0.881. The molecule has 0 fully saturated rings. The Labute approximate surface area is 130 Å². The van der Waals surface area contributed by atoms with Gasteiger partial charge in [0.1, 0.15) is 18.2 Å². The molecule has 3 rings (SSSR count). The maximum absolute atomic E-state index is 5.97. The molecule has 3 heterocycles. The monoisotopic (exact) mass is 323 g/mol. The van der Waals surface area contributed by atoms with Crippen LogP contribution in [0.25, 0.3) is 5.78 Å². The Hall–Kier alpha value is -1.70. The standard InChI is InChI=1S/C13H14ClN5OS/c1-8-5-12(19-13(18-8)16-7-17-19)15-6-9(20-2)10-3-4-11(14)21-10/h3-5,7,9,15H,6H2,1-2H3. The van der Waals surface area contributed by atoms with Gasteiger partial charge in [-0.15, -0.1) is 11.3 Å². The second kappa shape index (κ2) is 5.97. The molecule has 0 aliphatic rings.